The molecule has 2 heterocycles. The summed E-state index contributed by atoms with van der Waals surface area (Å²) in [5.74, 6) is 1.28. The number of nitrogens with one attached hydrogen (secondary N) is 2. The van der Waals surface area contributed by atoms with Gasteiger partial charge in [0.15, 0.2) is 0 Å². The number of carbonyl (C=O) groups excluding carboxylic acids is 2. The van der Waals surface area contributed by atoms with E-state index in [1.54, 1.807) is 37.3 Å². The predicted molar refractivity (Wildman–Crippen MR) is 149 cm³/mol. The molecule has 0 spiro atoms. The maximum absolute atomic E-state index is 13.8. The number of nitrogens with zero attached hydrogens (tertiary/aromatic N) is 3. The Hall–Kier alpha value is -4.85. The lowest BCUT2D eigenvalue weighted by Crippen LogP contribution is -2.46. The van der Waals surface area contributed by atoms with Gasteiger partial charge in [-0.05, 0) is 62.7 Å². The smallest absolute Gasteiger partial charge is 0.355 e. The molecule has 4 rings (SSSR count). The van der Waals surface area contributed by atoms with Crippen LogP contribution in [0.1, 0.15) is 56.9 Å². The predicted octanol–water partition coefficient (Wildman–Crippen LogP) is 4.17. The third-order valence-corrected chi connectivity index (χ3v) is 6.93. The number of fused-ring (bicyclic) bond motifs is 1. The number of terminal acetylenes is 1. The number of hydrogen-bond donors (Lipinski definition) is 2. The van der Waals surface area contributed by atoms with E-state index in [4.69, 9.17) is 6.42 Å². The quantitative estimate of drug-likeness (QED) is 0.347. The maximum atomic E-state index is 13.8. The average molecular weight is 564 g/mol. The van der Waals surface area contributed by atoms with Gasteiger partial charge < -0.3 is 15.5 Å². The number of carbonyl (C=O) groups is 2. The third-order valence-electron chi connectivity index (χ3n) is 6.93. The van der Waals surface area contributed by atoms with Gasteiger partial charge in [-0.2, -0.15) is 13.2 Å². The Morgan fingerprint density at radius 2 is 1.85 bits per heavy atom. The number of halogens is 3. The third kappa shape index (κ3) is 5.72. The monoisotopic (exact) mass is 563 g/mol. The Morgan fingerprint density at radius 3 is 2.44 bits per heavy atom. The molecule has 1 aliphatic heterocycles. The van der Waals surface area contributed by atoms with Crippen molar-refractivity contribution in [1.29, 1.82) is 0 Å². The van der Waals surface area contributed by atoms with Crippen LogP contribution in [-0.2, 0) is 19.1 Å². The van der Waals surface area contributed by atoms with Gasteiger partial charge in [0, 0.05) is 41.4 Å². The van der Waals surface area contributed by atoms with Crippen LogP contribution in [0.5, 0.6) is 0 Å². The van der Waals surface area contributed by atoms with Crippen LogP contribution in [0, 0.1) is 12.3 Å². The van der Waals surface area contributed by atoms with Crippen molar-refractivity contribution in [3.8, 4) is 18.0 Å². The molecule has 41 heavy (non-hydrogen) atoms. The highest BCUT2D eigenvalue weighted by atomic mass is 19.4. The Kier molecular flexibility index (Phi) is 8.05. The zero-order valence-corrected chi connectivity index (χ0v) is 22.7. The van der Waals surface area contributed by atoms with Gasteiger partial charge in [-0.1, -0.05) is 12.0 Å². The van der Waals surface area contributed by atoms with E-state index < -0.39 is 23.7 Å². The fraction of sp³-hybridized carbons (Fsp3) is 0.267. The summed E-state index contributed by atoms with van der Waals surface area (Å²) in [5.41, 5.74) is -0.366. The summed E-state index contributed by atoms with van der Waals surface area (Å²) < 4.78 is 42.1. The van der Waals surface area contributed by atoms with Crippen molar-refractivity contribution in [2.24, 2.45) is 0 Å². The number of benzene rings is 2. The second kappa shape index (κ2) is 11.3. The molecule has 0 saturated carbocycles. The maximum Gasteiger partial charge on any atom is 0.417 e. The fourth-order valence-corrected chi connectivity index (χ4v) is 4.64. The Labute approximate surface area is 234 Å². The van der Waals surface area contributed by atoms with Crippen LogP contribution in [0.15, 0.2) is 59.9 Å². The Bertz CT molecular complexity index is 1620. The number of hydrogen-bond acceptors (Lipinski definition) is 5. The molecule has 8 nitrogen and oxygen atoms in total. The van der Waals surface area contributed by atoms with E-state index in [2.05, 4.69) is 22.2 Å². The minimum atomic E-state index is -4.73. The summed E-state index contributed by atoms with van der Waals surface area (Å²) in [6, 6.07) is 8.76. The molecule has 0 aliphatic carbocycles. The van der Waals surface area contributed by atoms with E-state index in [9.17, 15) is 27.6 Å². The minimum Gasteiger partial charge on any atom is -0.355 e. The highest BCUT2D eigenvalue weighted by molar-refractivity contribution is 5.95. The van der Waals surface area contributed by atoms with E-state index in [1.165, 1.54) is 22.6 Å². The zero-order valence-electron chi connectivity index (χ0n) is 22.7. The van der Waals surface area contributed by atoms with Crippen LogP contribution < -0.4 is 16.2 Å². The van der Waals surface area contributed by atoms with Crippen molar-refractivity contribution in [1.82, 2.24) is 19.8 Å². The van der Waals surface area contributed by atoms with Crippen LogP contribution in [0.25, 0.3) is 5.69 Å². The van der Waals surface area contributed by atoms with Gasteiger partial charge in [0.1, 0.15) is 0 Å². The normalized spacial score (nSPS) is 15.3. The first-order valence-electron chi connectivity index (χ1n) is 12.7. The Balaban J connectivity index is 1.77. The SMILES string of the molecule is C#Cc1ccc(C(=O)N2Cc3nc(N[C@@H](C)C=C)n(-c4ccc(C(=O)NC)cc4)c(=O)c3C[C@H]2C)cc1C(F)(F)F. The second-order valence-electron chi connectivity index (χ2n) is 9.68. The first-order chi connectivity index (χ1) is 19.4. The molecule has 2 amide bonds. The highest BCUT2D eigenvalue weighted by Crippen LogP contribution is 2.33. The van der Waals surface area contributed by atoms with Crippen LogP contribution >= 0.6 is 0 Å². The summed E-state index contributed by atoms with van der Waals surface area (Å²) in [5, 5.41) is 5.67. The molecule has 2 aromatic carbocycles. The lowest BCUT2D eigenvalue weighted by molar-refractivity contribution is -0.137. The van der Waals surface area contributed by atoms with Crippen molar-refractivity contribution >= 4 is 17.8 Å². The van der Waals surface area contributed by atoms with E-state index >= 15 is 0 Å². The van der Waals surface area contributed by atoms with Gasteiger partial charge in [-0.15, -0.1) is 13.0 Å². The summed E-state index contributed by atoms with van der Waals surface area (Å²) >= 11 is 0. The van der Waals surface area contributed by atoms with Crippen molar-refractivity contribution in [2.45, 2.75) is 45.1 Å². The molecule has 212 valence electrons. The number of amides is 2. The molecule has 2 atom stereocenters. The van der Waals surface area contributed by atoms with Gasteiger partial charge in [-0.3, -0.25) is 14.4 Å². The van der Waals surface area contributed by atoms with Crippen molar-refractivity contribution in [2.75, 3.05) is 12.4 Å². The van der Waals surface area contributed by atoms with Gasteiger partial charge >= 0.3 is 6.18 Å². The van der Waals surface area contributed by atoms with E-state index in [1.807, 2.05) is 12.8 Å². The van der Waals surface area contributed by atoms with Crippen molar-refractivity contribution < 1.29 is 22.8 Å². The summed E-state index contributed by atoms with van der Waals surface area (Å²) in [7, 11) is 1.52. The summed E-state index contributed by atoms with van der Waals surface area (Å²) in [6.07, 6.45) is 2.26. The lowest BCUT2D eigenvalue weighted by atomic mass is 9.97. The van der Waals surface area contributed by atoms with Gasteiger partial charge in [0.25, 0.3) is 17.4 Å². The molecule has 0 saturated heterocycles. The number of aromatic nitrogens is 2. The molecule has 1 aliphatic rings. The minimum absolute atomic E-state index is 0.0869. The van der Waals surface area contributed by atoms with Crippen molar-refractivity contribution in [3.05, 3.63) is 99.0 Å². The lowest BCUT2D eigenvalue weighted by Gasteiger charge is -2.35. The Morgan fingerprint density at radius 1 is 1.20 bits per heavy atom. The number of alkyl halides is 3. The van der Waals surface area contributed by atoms with Crippen molar-refractivity contribution in [3.63, 3.8) is 0 Å². The molecule has 0 fully saturated rings. The summed E-state index contributed by atoms with van der Waals surface area (Å²) in [4.78, 5) is 45.3. The molecule has 0 bridgehead atoms. The molecule has 3 aromatic rings. The van der Waals surface area contributed by atoms with Gasteiger partial charge in [-0.25, -0.2) is 9.55 Å². The van der Waals surface area contributed by atoms with Crippen LogP contribution in [0.2, 0.25) is 0 Å². The van der Waals surface area contributed by atoms with E-state index in [0.717, 1.165) is 12.1 Å². The van der Waals surface area contributed by atoms with E-state index in [-0.39, 0.29) is 47.5 Å². The summed E-state index contributed by atoms with van der Waals surface area (Å²) in [6.45, 7) is 7.20. The van der Waals surface area contributed by atoms with Gasteiger partial charge in [0.05, 0.1) is 23.5 Å². The van der Waals surface area contributed by atoms with Crippen LogP contribution in [-0.4, -0.2) is 45.4 Å². The first-order valence-corrected chi connectivity index (χ1v) is 12.7. The molecular formula is C30H28F3N5O3. The number of rotatable bonds is 6. The molecular weight excluding hydrogens is 535 g/mol. The molecule has 0 radical (unpaired) electrons. The van der Waals surface area contributed by atoms with Crippen LogP contribution in [0.4, 0.5) is 19.1 Å². The molecule has 0 unspecified atom stereocenters. The standard InChI is InChI=1S/C30H28F3N5O3/c1-6-17(3)35-29-36-25-16-37(27(40)21-9-8-19(7-2)24(15-21)30(31,32)33)18(4)14-23(25)28(41)38(29)22-12-10-20(11-13-22)26(39)34-5/h2,6,8-13,15,17-18H,1,14,16H2,3-5H3,(H,34,39)(H,35,36)/t17-,18+/m0/s1. The van der Waals surface area contributed by atoms with E-state index in [0.29, 0.717) is 22.5 Å². The number of anilines is 1. The molecule has 11 heteroatoms. The fourth-order valence-electron chi connectivity index (χ4n) is 4.64. The largest absolute Gasteiger partial charge is 0.417 e. The molecule has 2 N–H and O–H groups in total. The van der Waals surface area contributed by atoms with Gasteiger partial charge in [0.2, 0.25) is 5.95 Å². The highest BCUT2D eigenvalue weighted by Gasteiger charge is 2.36. The molecule has 1 aromatic heterocycles. The second-order valence-corrected chi connectivity index (χ2v) is 9.68. The zero-order chi connectivity index (χ0) is 30.1. The topological polar surface area (TPSA) is 96.3 Å². The van der Waals surface area contributed by atoms with Crippen LogP contribution in [0.3, 0.4) is 0 Å². The average Bonchev–Trinajstić information content (AvgIpc) is 2.96. The first kappa shape index (κ1) is 29.1.